The Morgan fingerprint density at radius 2 is 1.84 bits per heavy atom. The van der Waals surface area contributed by atoms with Crippen LogP contribution in [0.25, 0.3) is 11.4 Å². The fourth-order valence-electron chi connectivity index (χ4n) is 2.99. The van der Waals surface area contributed by atoms with Crippen molar-refractivity contribution in [3.05, 3.63) is 30.3 Å². The molecular formula is C16H18F3N5O. The molecule has 2 aromatic rings. The van der Waals surface area contributed by atoms with E-state index in [1.165, 1.54) is 0 Å². The lowest BCUT2D eigenvalue weighted by Gasteiger charge is -2.28. The monoisotopic (exact) mass is 353 g/mol. The van der Waals surface area contributed by atoms with Gasteiger partial charge in [0.1, 0.15) is 6.42 Å². The van der Waals surface area contributed by atoms with Crippen LogP contribution in [0.1, 0.15) is 38.1 Å². The second kappa shape index (κ2) is 7.20. The lowest BCUT2D eigenvalue weighted by Crippen LogP contribution is -2.39. The third-order valence-electron chi connectivity index (χ3n) is 4.21. The number of nitrogens with one attached hydrogen (secondary N) is 1. The van der Waals surface area contributed by atoms with Crippen LogP contribution in [-0.2, 0) is 4.79 Å². The van der Waals surface area contributed by atoms with Gasteiger partial charge in [0, 0.05) is 11.6 Å². The number of rotatable bonds is 4. The van der Waals surface area contributed by atoms with Crippen LogP contribution in [-0.4, -0.2) is 38.3 Å². The van der Waals surface area contributed by atoms with Crippen molar-refractivity contribution in [3.63, 3.8) is 0 Å². The van der Waals surface area contributed by atoms with Crippen LogP contribution in [0.15, 0.2) is 30.3 Å². The molecule has 1 aromatic heterocycles. The quantitative estimate of drug-likeness (QED) is 0.917. The molecule has 25 heavy (non-hydrogen) atoms. The number of hydrogen-bond donors (Lipinski definition) is 1. The van der Waals surface area contributed by atoms with Gasteiger partial charge in [-0.2, -0.15) is 18.0 Å². The second-order valence-corrected chi connectivity index (χ2v) is 6.16. The summed E-state index contributed by atoms with van der Waals surface area (Å²) in [6.07, 6.45) is -3.35. The van der Waals surface area contributed by atoms with E-state index in [4.69, 9.17) is 0 Å². The van der Waals surface area contributed by atoms with E-state index < -0.39 is 18.5 Å². The standard InChI is InChI=1S/C16H18F3N5O/c17-16(18,19)10-14(25)20-12-6-8-13(9-7-12)24-22-15(21-23-24)11-4-2-1-3-5-11/h1-5,12-13H,6-10H2,(H,20,25). The van der Waals surface area contributed by atoms with Gasteiger partial charge in [-0.3, -0.25) is 4.79 Å². The summed E-state index contributed by atoms with van der Waals surface area (Å²) >= 11 is 0. The Labute approximate surface area is 142 Å². The van der Waals surface area contributed by atoms with Crippen molar-refractivity contribution in [1.29, 1.82) is 0 Å². The van der Waals surface area contributed by atoms with Crippen LogP contribution in [0.2, 0.25) is 0 Å². The van der Waals surface area contributed by atoms with E-state index in [0.29, 0.717) is 31.5 Å². The molecule has 0 spiro atoms. The van der Waals surface area contributed by atoms with Crippen LogP contribution in [0, 0.1) is 0 Å². The molecule has 1 saturated carbocycles. The maximum absolute atomic E-state index is 12.2. The summed E-state index contributed by atoms with van der Waals surface area (Å²) in [5, 5.41) is 15.0. The van der Waals surface area contributed by atoms with Crippen LogP contribution in [0.3, 0.4) is 0 Å². The third kappa shape index (κ3) is 4.77. The SMILES string of the molecule is O=C(CC(F)(F)F)NC1CCC(n2nnc(-c3ccccc3)n2)CC1. The van der Waals surface area contributed by atoms with Crippen LogP contribution in [0.5, 0.6) is 0 Å². The highest BCUT2D eigenvalue weighted by Crippen LogP contribution is 2.28. The number of aromatic nitrogens is 4. The van der Waals surface area contributed by atoms with Crippen molar-refractivity contribution in [1.82, 2.24) is 25.5 Å². The van der Waals surface area contributed by atoms with E-state index in [2.05, 4.69) is 20.7 Å². The maximum atomic E-state index is 12.2. The van der Waals surface area contributed by atoms with E-state index in [9.17, 15) is 18.0 Å². The molecule has 1 aliphatic carbocycles. The second-order valence-electron chi connectivity index (χ2n) is 6.16. The Kier molecular flexibility index (Phi) is 5.00. The Morgan fingerprint density at radius 1 is 1.16 bits per heavy atom. The summed E-state index contributed by atoms with van der Waals surface area (Å²) in [6.45, 7) is 0. The van der Waals surface area contributed by atoms with Crippen molar-refractivity contribution in [2.75, 3.05) is 0 Å². The molecule has 0 unspecified atom stereocenters. The van der Waals surface area contributed by atoms with Gasteiger partial charge < -0.3 is 5.32 Å². The van der Waals surface area contributed by atoms with Gasteiger partial charge in [-0.1, -0.05) is 30.3 Å². The zero-order chi connectivity index (χ0) is 17.9. The first-order chi connectivity index (χ1) is 11.9. The average Bonchev–Trinajstić information content (AvgIpc) is 3.04. The number of benzene rings is 1. The minimum atomic E-state index is -4.47. The van der Waals surface area contributed by atoms with Gasteiger partial charge >= 0.3 is 6.18 Å². The van der Waals surface area contributed by atoms with Crippen molar-refractivity contribution >= 4 is 5.91 Å². The molecule has 1 aromatic carbocycles. The molecule has 0 saturated heterocycles. The molecular weight excluding hydrogens is 335 g/mol. The summed E-state index contributed by atoms with van der Waals surface area (Å²) in [4.78, 5) is 12.9. The molecule has 0 aliphatic heterocycles. The van der Waals surface area contributed by atoms with Crippen LogP contribution < -0.4 is 5.32 Å². The van der Waals surface area contributed by atoms with Crippen molar-refractivity contribution < 1.29 is 18.0 Å². The number of amides is 1. The zero-order valence-electron chi connectivity index (χ0n) is 13.4. The molecule has 6 nitrogen and oxygen atoms in total. The molecule has 1 N–H and O–H groups in total. The van der Waals surface area contributed by atoms with Crippen molar-refractivity contribution in [3.8, 4) is 11.4 Å². The lowest BCUT2D eigenvalue weighted by atomic mass is 9.91. The topological polar surface area (TPSA) is 72.7 Å². The van der Waals surface area contributed by atoms with Gasteiger partial charge in [0.25, 0.3) is 0 Å². The number of halogens is 3. The zero-order valence-corrected chi connectivity index (χ0v) is 13.4. The molecule has 3 rings (SSSR count). The van der Waals surface area contributed by atoms with E-state index in [1.54, 1.807) is 4.80 Å². The Hall–Kier alpha value is -2.45. The van der Waals surface area contributed by atoms with Gasteiger partial charge in [-0.25, -0.2) is 0 Å². The highest BCUT2D eigenvalue weighted by atomic mass is 19.4. The highest BCUT2D eigenvalue weighted by molar-refractivity contribution is 5.76. The van der Waals surface area contributed by atoms with Gasteiger partial charge in [0.2, 0.25) is 11.7 Å². The molecule has 1 amide bonds. The van der Waals surface area contributed by atoms with Gasteiger partial charge in [-0.05, 0) is 30.9 Å². The molecule has 134 valence electrons. The number of hydrogen-bond acceptors (Lipinski definition) is 4. The van der Waals surface area contributed by atoms with Crippen molar-refractivity contribution in [2.45, 2.75) is 50.4 Å². The predicted octanol–water partition coefficient (Wildman–Crippen LogP) is 2.89. The van der Waals surface area contributed by atoms with Gasteiger partial charge in [0.05, 0.1) is 6.04 Å². The minimum absolute atomic E-state index is 0.0423. The van der Waals surface area contributed by atoms with Gasteiger partial charge in [0.15, 0.2) is 0 Å². The normalized spacial score (nSPS) is 21.1. The number of carbonyl (C=O) groups is 1. The van der Waals surface area contributed by atoms with E-state index in [1.807, 2.05) is 30.3 Å². The number of alkyl halides is 3. The van der Waals surface area contributed by atoms with Gasteiger partial charge in [-0.15, -0.1) is 10.2 Å². The molecule has 9 heteroatoms. The fraction of sp³-hybridized carbons (Fsp3) is 0.500. The first-order valence-corrected chi connectivity index (χ1v) is 8.12. The average molecular weight is 353 g/mol. The smallest absolute Gasteiger partial charge is 0.353 e. The molecule has 0 atom stereocenters. The minimum Gasteiger partial charge on any atom is -0.353 e. The fourth-order valence-corrected chi connectivity index (χ4v) is 2.99. The van der Waals surface area contributed by atoms with Crippen molar-refractivity contribution in [2.24, 2.45) is 0 Å². The summed E-state index contributed by atoms with van der Waals surface area (Å²) in [5.41, 5.74) is 0.877. The molecule has 1 heterocycles. The highest BCUT2D eigenvalue weighted by Gasteiger charge is 2.33. The third-order valence-corrected chi connectivity index (χ3v) is 4.21. The summed E-state index contributed by atoms with van der Waals surface area (Å²) in [5.74, 6) is -0.428. The Bertz CT molecular complexity index is 708. The maximum Gasteiger partial charge on any atom is 0.397 e. The summed E-state index contributed by atoms with van der Waals surface area (Å²) in [6, 6.07) is 9.30. The number of nitrogens with zero attached hydrogens (tertiary/aromatic N) is 4. The largest absolute Gasteiger partial charge is 0.397 e. The predicted molar refractivity (Wildman–Crippen MR) is 83.4 cm³/mol. The van der Waals surface area contributed by atoms with E-state index >= 15 is 0 Å². The number of tetrazole rings is 1. The molecule has 1 aliphatic rings. The Balaban J connectivity index is 1.53. The first kappa shape index (κ1) is 17.4. The lowest BCUT2D eigenvalue weighted by molar-refractivity contribution is -0.154. The van der Waals surface area contributed by atoms with E-state index in [-0.39, 0.29) is 12.1 Å². The summed E-state index contributed by atoms with van der Waals surface area (Å²) < 4.78 is 36.6. The van der Waals surface area contributed by atoms with Crippen LogP contribution in [0.4, 0.5) is 13.2 Å². The van der Waals surface area contributed by atoms with Crippen LogP contribution >= 0.6 is 0 Å². The molecule has 0 radical (unpaired) electrons. The summed E-state index contributed by atoms with van der Waals surface area (Å²) in [7, 11) is 0. The molecule has 0 bridgehead atoms. The number of carbonyl (C=O) groups excluding carboxylic acids is 1. The Morgan fingerprint density at radius 3 is 2.48 bits per heavy atom. The van der Waals surface area contributed by atoms with E-state index in [0.717, 1.165) is 5.56 Å². The molecule has 1 fully saturated rings. The first-order valence-electron chi connectivity index (χ1n) is 8.12.